The lowest BCUT2D eigenvalue weighted by Crippen LogP contribution is -2.25. The normalized spacial score (nSPS) is 13.8. The molecule has 0 atom stereocenters. The average Bonchev–Trinajstić information content (AvgIpc) is 3.04. The Morgan fingerprint density at radius 1 is 0.622 bits per heavy atom. The molecule has 5 aromatic carbocycles. The molecule has 1 saturated carbocycles. The second kappa shape index (κ2) is 12.5. The van der Waals surface area contributed by atoms with E-state index in [1.165, 1.54) is 30.3 Å². The van der Waals surface area contributed by atoms with Crippen molar-refractivity contribution in [3.8, 4) is 0 Å². The summed E-state index contributed by atoms with van der Waals surface area (Å²) in [6, 6.07) is 26.9. The minimum atomic E-state index is -4.40. The van der Waals surface area contributed by atoms with Crippen molar-refractivity contribution in [1.82, 2.24) is 0 Å². The minimum absolute atomic E-state index is 0.132. The fourth-order valence-electron chi connectivity index (χ4n) is 5.83. The monoisotopic (exact) mass is 621 g/mol. The smallest absolute Gasteiger partial charge is 0.294 e. The van der Waals surface area contributed by atoms with E-state index < -0.39 is 21.9 Å². The van der Waals surface area contributed by atoms with E-state index >= 15 is 0 Å². The molecule has 0 heterocycles. The van der Waals surface area contributed by atoms with Gasteiger partial charge in [0.2, 0.25) is 5.91 Å². The Hall–Kier alpha value is -5.06. The van der Waals surface area contributed by atoms with Gasteiger partial charge in [0, 0.05) is 44.9 Å². The number of nitrogens with one attached hydrogen (secondary N) is 3. The standard InChI is InChI=1S/C35H31N3O6S/c39-33(23-9-2-1-3-10-23)36-27-19-25(34(40)37-31-14-6-11-22-8-4-5-13-29(22)31)18-26(20-27)35(41)38-32-15-7-12-24-21-28(45(42,43)44)16-17-30(24)32/h4-8,11-21,23H,1-3,9-10H2,(H,36,39)(H,37,40)(H,38,41)(H,42,43,44). The van der Waals surface area contributed by atoms with Crippen molar-refractivity contribution in [2.24, 2.45) is 5.92 Å². The number of rotatable bonds is 7. The molecule has 0 aromatic heterocycles. The minimum Gasteiger partial charge on any atom is -0.326 e. The van der Waals surface area contributed by atoms with Crippen molar-refractivity contribution in [2.75, 3.05) is 16.0 Å². The number of amides is 3. The topological polar surface area (TPSA) is 142 Å². The predicted molar refractivity (Wildman–Crippen MR) is 175 cm³/mol. The van der Waals surface area contributed by atoms with Gasteiger partial charge in [-0.1, -0.05) is 73.9 Å². The number of hydrogen-bond donors (Lipinski definition) is 4. The van der Waals surface area contributed by atoms with Crippen LogP contribution in [-0.4, -0.2) is 30.7 Å². The summed E-state index contributed by atoms with van der Waals surface area (Å²) in [6.45, 7) is 0. The summed E-state index contributed by atoms with van der Waals surface area (Å²) in [5.41, 5.74) is 1.67. The van der Waals surface area contributed by atoms with Crippen molar-refractivity contribution >= 4 is 66.4 Å². The van der Waals surface area contributed by atoms with Crippen molar-refractivity contribution in [3.05, 3.63) is 108 Å². The van der Waals surface area contributed by atoms with E-state index in [9.17, 15) is 27.4 Å². The number of anilines is 3. The molecule has 10 heteroatoms. The molecule has 3 amide bonds. The second-order valence-corrected chi connectivity index (χ2v) is 12.6. The Bertz CT molecular complexity index is 2060. The molecular formula is C35H31N3O6S. The van der Waals surface area contributed by atoms with Crippen LogP contribution in [0.1, 0.15) is 52.8 Å². The first-order chi connectivity index (χ1) is 21.7. The zero-order chi connectivity index (χ0) is 31.6. The highest BCUT2D eigenvalue weighted by atomic mass is 32.2. The largest absolute Gasteiger partial charge is 0.326 e. The van der Waals surface area contributed by atoms with Gasteiger partial charge in [-0.15, -0.1) is 0 Å². The fraction of sp³-hybridized carbons (Fsp3) is 0.171. The predicted octanol–water partition coefficient (Wildman–Crippen LogP) is 7.26. The highest BCUT2D eigenvalue weighted by Gasteiger charge is 2.23. The van der Waals surface area contributed by atoms with E-state index in [4.69, 9.17) is 0 Å². The zero-order valence-electron chi connectivity index (χ0n) is 24.2. The molecule has 0 spiro atoms. The van der Waals surface area contributed by atoms with Gasteiger partial charge in [0.25, 0.3) is 21.9 Å². The lowest BCUT2D eigenvalue weighted by molar-refractivity contribution is -0.120. The number of fused-ring (bicyclic) bond motifs is 2. The summed E-state index contributed by atoms with van der Waals surface area (Å²) in [4.78, 5) is 40.1. The highest BCUT2D eigenvalue weighted by molar-refractivity contribution is 7.85. The number of carbonyl (C=O) groups is 3. The lowest BCUT2D eigenvalue weighted by atomic mass is 9.88. The first kappa shape index (κ1) is 30.0. The summed E-state index contributed by atoms with van der Waals surface area (Å²) < 4.78 is 32.7. The van der Waals surface area contributed by atoms with Crippen LogP contribution in [0.25, 0.3) is 21.5 Å². The summed E-state index contributed by atoms with van der Waals surface area (Å²) in [5, 5.41) is 11.6. The molecular weight excluding hydrogens is 590 g/mol. The summed E-state index contributed by atoms with van der Waals surface area (Å²) in [5.74, 6) is -1.25. The first-order valence-corrected chi connectivity index (χ1v) is 16.2. The quantitative estimate of drug-likeness (QED) is 0.141. The van der Waals surface area contributed by atoms with E-state index in [1.54, 1.807) is 30.3 Å². The van der Waals surface area contributed by atoms with E-state index in [0.29, 0.717) is 27.8 Å². The van der Waals surface area contributed by atoms with Crippen LogP contribution in [0.15, 0.2) is 102 Å². The maximum atomic E-state index is 13.6. The van der Waals surface area contributed by atoms with E-state index in [1.807, 2.05) is 36.4 Å². The molecule has 5 aromatic rings. The van der Waals surface area contributed by atoms with Crippen molar-refractivity contribution in [2.45, 2.75) is 37.0 Å². The van der Waals surface area contributed by atoms with E-state index in [2.05, 4.69) is 16.0 Å². The van der Waals surface area contributed by atoms with Crippen LogP contribution in [0.4, 0.5) is 17.1 Å². The molecule has 0 saturated heterocycles. The molecule has 4 N–H and O–H groups in total. The molecule has 9 nitrogen and oxygen atoms in total. The van der Waals surface area contributed by atoms with E-state index in [-0.39, 0.29) is 27.8 Å². The van der Waals surface area contributed by atoms with Gasteiger partial charge in [0.15, 0.2) is 0 Å². The molecule has 1 aliphatic rings. The summed E-state index contributed by atoms with van der Waals surface area (Å²) in [7, 11) is -4.40. The van der Waals surface area contributed by atoms with Crippen molar-refractivity contribution < 1.29 is 27.4 Å². The molecule has 0 bridgehead atoms. The Kier molecular flexibility index (Phi) is 8.34. The third-order valence-corrected chi connectivity index (χ3v) is 8.99. The Morgan fingerprint density at radius 2 is 1.20 bits per heavy atom. The zero-order valence-corrected chi connectivity index (χ0v) is 25.1. The Labute approximate surface area is 260 Å². The fourth-order valence-corrected chi connectivity index (χ4v) is 6.34. The maximum absolute atomic E-state index is 13.6. The SMILES string of the molecule is O=C(Nc1cccc2ccccc12)c1cc(NC(=O)C2CCCCC2)cc(C(=O)Nc2cccc3cc(S(=O)(=O)O)ccc23)c1. The second-order valence-electron chi connectivity index (χ2n) is 11.2. The third kappa shape index (κ3) is 6.72. The molecule has 1 aliphatic carbocycles. The third-order valence-electron chi connectivity index (χ3n) is 8.14. The number of hydrogen-bond acceptors (Lipinski definition) is 5. The van der Waals surface area contributed by atoms with Crippen LogP contribution < -0.4 is 16.0 Å². The molecule has 0 radical (unpaired) electrons. The summed E-state index contributed by atoms with van der Waals surface area (Å²) >= 11 is 0. The molecule has 228 valence electrons. The number of carbonyl (C=O) groups excluding carboxylic acids is 3. The number of benzene rings is 5. The van der Waals surface area contributed by atoms with Gasteiger partial charge in [0.1, 0.15) is 0 Å². The van der Waals surface area contributed by atoms with Crippen LogP contribution in [0.2, 0.25) is 0 Å². The average molecular weight is 622 g/mol. The Morgan fingerprint density at radius 3 is 1.84 bits per heavy atom. The van der Waals surface area contributed by atoms with Crippen LogP contribution in [0.5, 0.6) is 0 Å². The highest BCUT2D eigenvalue weighted by Crippen LogP contribution is 2.29. The lowest BCUT2D eigenvalue weighted by Gasteiger charge is -2.21. The van der Waals surface area contributed by atoms with Gasteiger partial charge >= 0.3 is 0 Å². The maximum Gasteiger partial charge on any atom is 0.294 e. The van der Waals surface area contributed by atoms with Gasteiger partial charge in [-0.3, -0.25) is 18.9 Å². The molecule has 1 fully saturated rings. The van der Waals surface area contributed by atoms with E-state index in [0.717, 1.165) is 42.9 Å². The van der Waals surface area contributed by atoms with Gasteiger partial charge in [-0.25, -0.2) is 0 Å². The van der Waals surface area contributed by atoms with Gasteiger partial charge < -0.3 is 16.0 Å². The molecule has 0 unspecified atom stereocenters. The van der Waals surface area contributed by atoms with Crippen LogP contribution in [0.3, 0.4) is 0 Å². The van der Waals surface area contributed by atoms with Crippen molar-refractivity contribution in [3.63, 3.8) is 0 Å². The first-order valence-electron chi connectivity index (χ1n) is 14.7. The summed E-state index contributed by atoms with van der Waals surface area (Å²) in [6.07, 6.45) is 4.65. The molecule has 6 rings (SSSR count). The van der Waals surface area contributed by atoms with Crippen LogP contribution in [0, 0.1) is 5.92 Å². The Balaban J connectivity index is 1.33. The van der Waals surface area contributed by atoms with Crippen molar-refractivity contribution in [1.29, 1.82) is 0 Å². The molecule has 0 aliphatic heterocycles. The van der Waals surface area contributed by atoms with Gasteiger partial charge in [-0.05, 0) is 66.1 Å². The van der Waals surface area contributed by atoms with Crippen LogP contribution >= 0.6 is 0 Å². The van der Waals surface area contributed by atoms with Crippen LogP contribution in [-0.2, 0) is 14.9 Å². The molecule has 45 heavy (non-hydrogen) atoms. The van der Waals surface area contributed by atoms with Gasteiger partial charge in [0.05, 0.1) is 4.90 Å². The van der Waals surface area contributed by atoms with Gasteiger partial charge in [-0.2, -0.15) is 8.42 Å².